The van der Waals surface area contributed by atoms with Crippen LogP contribution < -0.4 is 5.32 Å². The number of amides is 1. The molecule has 2 fully saturated rings. The lowest BCUT2D eigenvalue weighted by atomic mass is 10.0. The maximum absolute atomic E-state index is 13.4. The number of carbonyl (C=O) groups excluding carboxylic acids is 1. The summed E-state index contributed by atoms with van der Waals surface area (Å²) in [7, 11) is 0. The highest BCUT2D eigenvalue weighted by atomic mass is 19.4. The van der Waals surface area contributed by atoms with Gasteiger partial charge in [-0.25, -0.2) is 4.68 Å². The van der Waals surface area contributed by atoms with Gasteiger partial charge in [-0.3, -0.25) is 9.69 Å². The average molecular weight is 499 g/mol. The van der Waals surface area contributed by atoms with Crippen molar-refractivity contribution in [2.45, 2.75) is 37.9 Å². The lowest BCUT2D eigenvalue weighted by Gasteiger charge is -2.35. The molecule has 3 aromatic rings. The van der Waals surface area contributed by atoms with E-state index in [0.717, 1.165) is 49.2 Å². The third-order valence-corrected chi connectivity index (χ3v) is 6.80. The molecule has 1 saturated heterocycles. The standard InChI is InChI=1S/C27H29F3N4O2/c1-18-4-2-5-20(14-18)24(33-10-12-36-13-11-33)17-31-26(35)23-16-32-34(25(23)19-8-9-19)22-7-3-6-21(15-22)27(28,29)30/h2-7,14-16,19,24H,8-13,17H2,1H3,(H,31,35). The van der Waals surface area contributed by atoms with Gasteiger partial charge in [-0.05, 0) is 43.5 Å². The number of aromatic nitrogens is 2. The zero-order chi connectivity index (χ0) is 25.3. The summed E-state index contributed by atoms with van der Waals surface area (Å²) in [6, 6.07) is 13.3. The van der Waals surface area contributed by atoms with Crippen molar-refractivity contribution in [2.24, 2.45) is 0 Å². The fourth-order valence-electron chi connectivity index (χ4n) is 4.81. The van der Waals surface area contributed by atoms with E-state index in [0.29, 0.717) is 36.7 Å². The lowest BCUT2D eigenvalue weighted by Crippen LogP contribution is -2.43. The fraction of sp³-hybridized carbons (Fsp3) is 0.407. The van der Waals surface area contributed by atoms with Gasteiger partial charge in [0.05, 0.1) is 48.0 Å². The second kappa shape index (κ2) is 10.1. The Hall–Kier alpha value is -3.17. The molecule has 1 unspecified atom stereocenters. The van der Waals surface area contributed by atoms with Crippen LogP contribution in [0.25, 0.3) is 5.69 Å². The van der Waals surface area contributed by atoms with Gasteiger partial charge in [-0.15, -0.1) is 0 Å². The van der Waals surface area contributed by atoms with Gasteiger partial charge in [0.15, 0.2) is 0 Å². The van der Waals surface area contributed by atoms with E-state index in [4.69, 9.17) is 4.74 Å². The molecule has 1 aliphatic heterocycles. The Labute approximate surface area is 208 Å². The molecule has 1 aromatic heterocycles. The van der Waals surface area contributed by atoms with Gasteiger partial charge in [-0.2, -0.15) is 18.3 Å². The first-order valence-electron chi connectivity index (χ1n) is 12.2. The molecule has 190 valence electrons. The fourth-order valence-corrected chi connectivity index (χ4v) is 4.81. The molecule has 2 aromatic carbocycles. The molecule has 0 radical (unpaired) electrons. The predicted molar refractivity (Wildman–Crippen MR) is 129 cm³/mol. The van der Waals surface area contributed by atoms with Gasteiger partial charge in [0.2, 0.25) is 0 Å². The van der Waals surface area contributed by atoms with E-state index in [1.54, 1.807) is 6.07 Å². The molecular weight excluding hydrogens is 469 g/mol. The van der Waals surface area contributed by atoms with E-state index >= 15 is 0 Å². The van der Waals surface area contributed by atoms with E-state index in [1.165, 1.54) is 16.9 Å². The number of hydrogen-bond donors (Lipinski definition) is 1. The lowest BCUT2D eigenvalue weighted by molar-refractivity contribution is -0.137. The largest absolute Gasteiger partial charge is 0.416 e. The number of carbonyl (C=O) groups is 1. The van der Waals surface area contributed by atoms with Crippen molar-refractivity contribution >= 4 is 5.91 Å². The Balaban J connectivity index is 1.39. The summed E-state index contributed by atoms with van der Waals surface area (Å²) >= 11 is 0. The van der Waals surface area contributed by atoms with Crippen LogP contribution in [0.15, 0.2) is 54.7 Å². The van der Waals surface area contributed by atoms with E-state index in [2.05, 4.69) is 27.4 Å². The van der Waals surface area contributed by atoms with E-state index in [1.807, 2.05) is 19.1 Å². The molecule has 1 saturated carbocycles. The first kappa shape index (κ1) is 24.5. The number of rotatable bonds is 7. The molecule has 0 bridgehead atoms. The minimum absolute atomic E-state index is 0.0133. The van der Waals surface area contributed by atoms with Crippen molar-refractivity contribution in [3.63, 3.8) is 0 Å². The van der Waals surface area contributed by atoms with Crippen molar-refractivity contribution in [1.82, 2.24) is 20.0 Å². The second-order valence-electron chi connectivity index (χ2n) is 9.47. The molecule has 1 N–H and O–H groups in total. The minimum Gasteiger partial charge on any atom is -0.379 e. The number of hydrogen-bond acceptors (Lipinski definition) is 4. The van der Waals surface area contributed by atoms with Gasteiger partial charge in [0, 0.05) is 25.6 Å². The Morgan fingerprint density at radius 1 is 1.14 bits per heavy atom. The highest BCUT2D eigenvalue weighted by molar-refractivity contribution is 5.95. The Kier molecular flexibility index (Phi) is 6.85. The molecule has 1 amide bonds. The minimum atomic E-state index is -4.45. The summed E-state index contributed by atoms with van der Waals surface area (Å²) in [5.74, 6) is -0.157. The van der Waals surface area contributed by atoms with Crippen LogP contribution in [0.2, 0.25) is 0 Å². The third-order valence-electron chi connectivity index (χ3n) is 6.80. The quantitative estimate of drug-likeness (QED) is 0.505. The number of halogens is 3. The number of alkyl halides is 3. The van der Waals surface area contributed by atoms with Crippen LogP contribution in [-0.2, 0) is 10.9 Å². The average Bonchev–Trinajstić information content (AvgIpc) is 3.61. The Morgan fingerprint density at radius 3 is 2.58 bits per heavy atom. The molecule has 2 heterocycles. The monoisotopic (exact) mass is 498 g/mol. The third kappa shape index (κ3) is 5.32. The van der Waals surface area contributed by atoms with Gasteiger partial charge in [0.25, 0.3) is 5.91 Å². The number of nitrogens with zero attached hydrogens (tertiary/aromatic N) is 3. The highest BCUT2D eigenvalue weighted by Gasteiger charge is 2.35. The molecule has 1 atom stereocenters. The molecule has 6 nitrogen and oxygen atoms in total. The number of ether oxygens (including phenoxy) is 1. The number of nitrogens with one attached hydrogen (secondary N) is 1. The van der Waals surface area contributed by atoms with Crippen molar-refractivity contribution in [3.8, 4) is 5.69 Å². The van der Waals surface area contributed by atoms with E-state index in [9.17, 15) is 18.0 Å². The van der Waals surface area contributed by atoms with Crippen LogP contribution >= 0.6 is 0 Å². The predicted octanol–water partition coefficient (Wildman–Crippen LogP) is 4.88. The van der Waals surface area contributed by atoms with Gasteiger partial charge in [-0.1, -0.05) is 35.9 Å². The Bertz CT molecular complexity index is 1230. The molecule has 36 heavy (non-hydrogen) atoms. The van der Waals surface area contributed by atoms with Gasteiger partial charge in [0.1, 0.15) is 0 Å². The number of benzene rings is 2. The van der Waals surface area contributed by atoms with Crippen molar-refractivity contribution < 1.29 is 22.7 Å². The Morgan fingerprint density at radius 2 is 1.89 bits per heavy atom. The molecule has 2 aliphatic rings. The summed E-state index contributed by atoms with van der Waals surface area (Å²) in [6.45, 7) is 5.28. The second-order valence-corrected chi connectivity index (χ2v) is 9.47. The van der Waals surface area contributed by atoms with Crippen LogP contribution in [0.5, 0.6) is 0 Å². The number of aryl methyl sites for hydroxylation is 1. The molecule has 5 rings (SSSR count). The maximum atomic E-state index is 13.4. The smallest absolute Gasteiger partial charge is 0.379 e. The topological polar surface area (TPSA) is 59.4 Å². The normalized spacial score (nSPS) is 17.7. The van der Waals surface area contributed by atoms with Crippen molar-refractivity contribution in [1.29, 1.82) is 0 Å². The summed E-state index contributed by atoms with van der Waals surface area (Å²) in [5, 5.41) is 7.42. The van der Waals surface area contributed by atoms with Crippen LogP contribution in [0.4, 0.5) is 13.2 Å². The van der Waals surface area contributed by atoms with Crippen LogP contribution in [0, 0.1) is 6.92 Å². The highest BCUT2D eigenvalue weighted by Crippen LogP contribution is 2.43. The first-order chi connectivity index (χ1) is 17.3. The van der Waals surface area contributed by atoms with Crippen molar-refractivity contribution in [2.75, 3.05) is 32.8 Å². The van der Waals surface area contributed by atoms with Gasteiger partial charge >= 0.3 is 6.18 Å². The van der Waals surface area contributed by atoms with E-state index in [-0.39, 0.29) is 17.9 Å². The van der Waals surface area contributed by atoms with Crippen LogP contribution in [0.1, 0.15) is 57.5 Å². The zero-order valence-electron chi connectivity index (χ0n) is 20.1. The molecular formula is C27H29F3N4O2. The number of morpholine rings is 1. The van der Waals surface area contributed by atoms with Crippen molar-refractivity contribution in [3.05, 3.63) is 82.7 Å². The summed E-state index contributed by atoms with van der Waals surface area (Å²) < 4.78 is 46.8. The van der Waals surface area contributed by atoms with Gasteiger partial charge < -0.3 is 10.1 Å². The summed E-state index contributed by atoms with van der Waals surface area (Å²) in [5.41, 5.74) is 2.92. The summed E-state index contributed by atoms with van der Waals surface area (Å²) in [4.78, 5) is 15.7. The SMILES string of the molecule is Cc1cccc(C(CNC(=O)c2cnn(-c3cccc(C(F)(F)F)c3)c2C2CC2)N2CCOCC2)c1. The first-order valence-corrected chi connectivity index (χ1v) is 12.2. The van der Waals surface area contributed by atoms with E-state index < -0.39 is 11.7 Å². The molecule has 1 aliphatic carbocycles. The molecule has 0 spiro atoms. The zero-order valence-corrected chi connectivity index (χ0v) is 20.1. The van der Waals surface area contributed by atoms with Crippen LogP contribution in [-0.4, -0.2) is 53.4 Å². The summed E-state index contributed by atoms with van der Waals surface area (Å²) in [6.07, 6.45) is -1.22. The maximum Gasteiger partial charge on any atom is 0.416 e. The molecule has 9 heteroatoms. The van der Waals surface area contributed by atoms with Crippen LogP contribution in [0.3, 0.4) is 0 Å².